The van der Waals surface area contributed by atoms with E-state index in [0.717, 1.165) is 12.2 Å². The Labute approximate surface area is 102 Å². The first-order valence-corrected chi connectivity index (χ1v) is 5.80. The first-order valence-electron chi connectivity index (χ1n) is 5.80. The fourth-order valence-corrected chi connectivity index (χ4v) is 1.69. The second-order valence-electron chi connectivity index (χ2n) is 4.14. The lowest BCUT2D eigenvalue weighted by atomic mass is 10.2. The fourth-order valence-electron chi connectivity index (χ4n) is 1.69. The first-order chi connectivity index (χ1) is 8.25. The highest BCUT2D eigenvalue weighted by molar-refractivity contribution is 5.48. The Morgan fingerprint density at radius 1 is 1.18 bits per heavy atom. The number of nitrogens with zero attached hydrogens (tertiary/aromatic N) is 2. The third-order valence-corrected chi connectivity index (χ3v) is 2.66. The highest BCUT2D eigenvalue weighted by atomic mass is 15.0. The maximum atomic E-state index is 4.26. The van der Waals surface area contributed by atoms with Crippen molar-refractivity contribution < 1.29 is 4.57 Å². The van der Waals surface area contributed by atoms with Gasteiger partial charge in [0.2, 0.25) is 0 Å². The molecule has 0 radical (unpaired) electrons. The van der Waals surface area contributed by atoms with Crippen LogP contribution in [-0.4, -0.2) is 4.98 Å². The number of aromatic nitrogens is 2. The van der Waals surface area contributed by atoms with Crippen LogP contribution >= 0.6 is 0 Å². The largest absolute Gasteiger partial charge is 0.249 e. The van der Waals surface area contributed by atoms with Crippen molar-refractivity contribution >= 4 is 6.08 Å². The number of hydrogen-bond donors (Lipinski definition) is 0. The molecule has 86 valence electrons. The van der Waals surface area contributed by atoms with Crippen LogP contribution in [0.15, 0.2) is 48.8 Å². The summed E-state index contributed by atoms with van der Waals surface area (Å²) in [7, 11) is 0. The second-order valence-corrected chi connectivity index (χ2v) is 4.14. The summed E-state index contributed by atoms with van der Waals surface area (Å²) >= 11 is 0. The summed E-state index contributed by atoms with van der Waals surface area (Å²) in [5.41, 5.74) is 3.45. The van der Waals surface area contributed by atoms with Gasteiger partial charge in [-0.05, 0) is 18.6 Å². The summed E-state index contributed by atoms with van der Waals surface area (Å²) in [6.07, 6.45) is 8.29. The zero-order chi connectivity index (χ0) is 12.1. The standard InChI is InChI=1S/C15H17N2/c1-13-12-17(14(2)11-16-13)10-6-9-15-7-4-3-5-8-15/h3-9,11-12H,10H2,1-2H3/q+1. The topological polar surface area (TPSA) is 16.8 Å². The van der Waals surface area contributed by atoms with Crippen molar-refractivity contribution in [2.45, 2.75) is 20.4 Å². The van der Waals surface area contributed by atoms with Gasteiger partial charge in [-0.25, -0.2) is 4.98 Å². The number of allylic oxidation sites excluding steroid dienone is 1. The van der Waals surface area contributed by atoms with Crippen LogP contribution in [0.1, 0.15) is 17.0 Å². The molecule has 1 aromatic heterocycles. The molecule has 0 amide bonds. The van der Waals surface area contributed by atoms with Gasteiger partial charge in [0, 0.05) is 6.92 Å². The summed E-state index contributed by atoms with van der Waals surface area (Å²) in [4.78, 5) is 4.26. The van der Waals surface area contributed by atoms with E-state index in [1.54, 1.807) is 0 Å². The minimum Gasteiger partial charge on any atom is -0.249 e. The molecule has 1 aromatic carbocycles. The summed E-state index contributed by atoms with van der Waals surface area (Å²) in [5.74, 6) is 0. The van der Waals surface area contributed by atoms with E-state index in [1.165, 1.54) is 11.3 Å². The van der Waals surface area contributed by atoms with E-state index in [2.05, 4.69) is 59.1 Å². The van der Waals surface area contributed by atoms with Crippen molar-refractivity contribution in [3.05, 3.63) is 65.8 Å². The Balaban J connectivity index is 2.07. The van der Waals surface area contributed by atoms with E-state index in [0.29, 0.717) is 0 Å². The van der Waals surface area contributed by atoms with Crippen LogP contribution in [0.5, 0.6) is 0 Å². The molecule has 0 bridgehead atoms. The van der Waals surface area contributed by atoms with Gasteiger partial charge in [-0.15, -0.1) is 0 Å². The lowest BCUT2D eigenvalue weighted by Crippen LogP contribution is -2.36. The minimum absolute atomic E-state index is 0.879. The van der Waals surface area contributed by atoms with E-state index in [4.69, 9.17) is 0 Å². The van der Waals surface area contributed by atoms with Gasteiger partial charge in [-0.3, -0.25) is 0 Å². The van der Waals surface area contributed by atoms with E-state index < -0.39 is 0 Å². The molecule has 0 unspecified atom stereocenters. The third-order valence-electron chi connectivity index (χ3n) is 2.66. The number of rotatable bonds is 3. The van der Waals surface area contributed by atoms with Crippen molar-refractivity contribution in [1.82, 2.24) is 4.98 Å². The average molecular weight is 225 g/mol. The summed E-state index contributed by atoms with van der Waals surface area (Å²) in [6.45, 7) is 4.96. The predicted octanol–water partition coefficient (Wildman–Crippen LogP) is 2.70. The van der Waals surface area contributed by atoms with Crippen LogP contribution in [0.25, 0.3) is 6.08 Å². The molecule has 0 saturated carbocycles. The van der Waals surface area contributed by atoms with E-state index in [1.807, 2.05) is 19.2 Å². The molecule has 1 heterocycles. The molecule has 0 aliphatic heterocycles. The lowest BCUT2D eigenvalue weighted by Gasteiger charge is -1.97. The van der Waals surface area contributed by atoms with Gasteiger partial charge in [-0.2, -0.15) is 4.57 Å². The highest BCUT2D eigenvalue weighted by Crippen LogP contribution is 2.00. The van der Waals surface area contributed by atoms with Crippen molar-refractivity contribution in [2.75, 3.05) is 0 Å². The quantitative estimate of drug-likeness (QED) is 0.734. The molecular weight excluding hydrogens is 208 g/mol. The third kappa shape index (κ3) is 3.25. The van der Waals surface area contributed by atoms with Crippen LogP contribution in [-0.2, 0) is 6.54 Å². The molecule has 0 atom stereocenters. The molecule has 2 aromatic rings. The smallest absolute Gasteiger partial charge is 0.196 e. The van der Waals surface area contributed by atoms with Gasteiger partial charge in [0.05, 0.1) is 6.20 Å². The first kappa shape index (κ1) is 11.5. The van der Waals surface area contributed by atoms with Gasteiger partial charge in [-0.1, -0.05) is 36.4 Å². The second kappa shape index (κ2) is 5.39. The Morgan fingerprint density at radius 2 is 1.94 bits per heavy atom. The van der Waals surface area contributed by atoms with E-state index in [-0.39, 0.29) is 0 Å². The molecule has 0 saturated heterocycles. The van der Waals surface area contributed by atoms with Crippen molar-refractivity contribution in [2.24, 2.45) is 0 Å². The molecule has 17 heavy (non-hydrogen) atoms. The van der Waals surface area contributed by atoms with E-state index in [9.17, 15) is 0 Å². The fraction of sp³-hybridized carbons (Fsp3) is 0.200. The molecule has 2 heteroatoms. The van der Waals surface area contributed by atoms with Gasteiger partial charge < -0.3 is 0 Å². The minimum atomic E-state index is 0.879. The lowest BCUT2D eigenvalue weighted by molar-refractivity contribution is -0.693. The van der Waals surface area contributed by atoms with Crippen LogP contribution in [0.3, 0.4) is 0 Å². The number of aryl methyl sites for hydroxylation is 2. The normalized spacial score (nSPS) is 10.9. The van der Waals surface area contributed by atoms with Gasteiger partial charge in [0.25, 0.3) is 0 Å². The molecule has 2 nitrogen and oxygen atoms in total. The van der Waals surface area contributed by atoms with Crippen LogP contribution in [0.2, 0.25) is 0 Å². The number of benzene rings is 1. The highest BCUT2D eigenvalue weighted by Gasteiger charge is 2.04. The summed E-state index contributed by atoms with van der Waals surface area (Å²) in [5, 5.41) is 0. The summed E-state index contributed by atoms with van der Waals surface area (Å²) < 4.78 is 2.20. The van der Waals surface area contributed by atoms with Gasteiger partial charge in [0.1, 0.15) is 5.69 Å². The zero-order valence-electron chi connectivity index (χ0n) is 10.3. The average Bonchev–Trinajstić information content (AvgIpc) is 2.35. The van der Waals surface area contributed by atoms with Crippen molar-refractivity contribution in [1.29, 1.82) is 0 Å². The Hall–Kier alpha value is -1.96. The maximum absolute atomic E-state index is 4.26. The molecular formula is C15H17N2+. The van der Waals surface area contributed by atoms with Crippen LogP contribution < -0.4 is 4.57 Å². The molecule has 2 rings (SSSR count). The van der Waals surface area contributed by atoms with Crippen molar-refractivity contribution in [3.8, 4) is 0 Å². The van der Waals surface area contributed by atoms with Crippen LogP contribution in [0, 0.1) is 13.8 Å². The molecule has 0 spiro atoms. The molecule has 0 aliphatic carbocycles. The van der Waals surface area contributed by atoms with Gasteiger partial charge >= 0.3 is 0 Å². The molecule has 0 fully saturated rings. The summed E-state index contributed by atoms with van der Waals surface area (Å²) in [6, 6.07) is 10.3. The Morgan fingerprint density at radius 3 is 2.71 bits per heavy atom. The Kier molecular flexibility index (Phi) is 3.66. The number of hydrogen-bond acceptors (Lipinski definition) is 1. The monoisotopic (exact) mass is 225 g/mol. The molecule has 0 N–H and O–H groups in total. The predicted molar refractivity (Wildman–Crippen MR) is 69.4 cm³/mol. The van der Waals surface area contributed by atoms with E-state index >= 15 is 0 Å². The maximum Gasteiger partial charge on any atom is 0.196 e. The van der Waals surface area contributed by atoms with Crippen LogP contribution in [0.4, 0.5) is 0 Å². The SMILES string of the molecule is Cc1c[n+](CC=Cc2ccccc2)c(C)cn1. The molecule has 0 aliphatic rings. The Bertz CT molecular complexity index is 516. The zero-order valence-corrected chi connectivity index (χ0v) is 10.3. The van der Waals surface area contributed by atoms with Crippen molar-refractivity contribution in [3.63, 3.8) is 0 Å². The van der Waals surface area contributed by atoms with Gasteiger partial charge in [0.15, 0.2) is 18.4 Å².